The summed E-state index contributed by atoms with van der Waals surface area (Å²) in [5, 5.41) is 12.8. The molecule has 8 nitrogen and oxygen atoms in total. The second-order valence-corrected chi connectivity index (χ2v) is 9.32. The van der Waals surface area contributed by atoms with Crippen LogP contribution in [0, 0.1) is 10.1 Å². The van der Waals surface area contributed by atoms with Crippen molar-refractivity contribution in [1.29, 1.82) is 0 Å². The number of carbonyl (C=O) groups excluding carboxylic acids is 1. The van der Waals surface area contributed by atoms with Crippen LogP contribution in [0.5, 0.6) is 17.4 Å². The molecule has 4 aromatic rings. The van der Waals surface area contributed by atoms with Crippen molar-refractivity contribution in [2.24, 2.45) is 0 Å². The number of ether oxygens (including phenoxy) is 2. The number of fused-ring (bicyclic) bond motifs is 1. The molecular weight excluding hydrogens is 498 g/mol. The lowest BCUT2D eigenvalue weighted by Crippen LogP contribution is -2.27. The van der Waals surface area contributed by atoms with Gasteiger partial charge in [0, 0.05) is 17.5 Å². The van der Waals surface area contributed by atoms with Gasteiger partial charge in [-0.3, -0.25) is 19.8 Å². The molecule has 10 heteroatoms. The summed E-state index contributed by atoms with van der Waals surface area (Å²) in [6.07, 6.45) is 2.87. The first-order valence-corrected chi connectivity index (χ1v) is 11.9. The maximum absolute atomic E-state index is 13.3. The first-order chi connectivity index (χ1) is 17.4. The van der Waals surface area contributed by atoms with Crippen molar-refractivity contribution in [1.82, 2.24) is 4.98 Å². The largest absolute Gasteiger partial charge is 0.493 e. The lowest BCUT2D eigenvalue weighted by molar-refractivity contribution is -0.385. The third kappa shape index (κ3) is 4.51. The van der Waals surface area contributed by atoms with E-state index in [-0.39, 0.29) is 17.5 Å². The second kappa shape index (κ2) is 9.76. The van der Waals surface area contributed by atoms with E-state index in [1.165, 1.54) is 31.0 Å². The molecule has 0 unspecified atom stereocenters. The highest BCUT2D eigenvalue weighted by Gasteiger charge is 2.34. The summed E-state index contributed by atoms with van der Waals surface area (Å²) in [6.45, 7) is 0. The number of pyridine rings is 1. The highest BCUT2D eigenvalue weighted by atomic mass is 32.2. The Morgan fingerprint density at radius 3 is 2.61 bits per heavy atom. The number of hydrogen-bond acceptors (Lipinski definition) is 8. The quantitative estimate of drug-likeness (QED) is 0.127. The van der Waals surface area contributed by atoms with Gasteiger partial charge in [-0.05, 0) is 35.2 Å². The molecule has 1 aliphatic rings. The van der Waals surface area contributed by atoms with E-state index in [0.29, 0.717) is 26.3 Å². The number of methoxy groups -OCH3 is 1. The maximum Gasteiger partial charge on any atom is 0.287 e. The molecule has 3 aromatic carbocycles. The molecule has 1 aromatic heterocycles. The summed E-state index contributed by atoms with van der Waals surface area (Å²) in [6, 6.07) is 21.5. The van der Waals surface area contributed by atoms with Crippen LogP contribution in [0.4, 0.5) is 11.4 Å². The summed E-state index contributed by atoms with van der Waals surface area (Å²) >= 11 is 6.79. The standard InChI is InChI=1S/C26H17N3O5S2/c1-33-22-13-16(9-11-21(22)34-24-12-10-18(15-27-24)29(31)32)14-23-25(30)28(26(35)36-23)20-8-4-6-17-5-2-3-7-19(17)20/h2-15H,1H3/b23-14-. The lowest BCUT2D eigenvalue weighted by Gasteiger charge is -2.17. The summed E-state index contributed by atoms with van der Waals surface area (Å²) in [4.78, 5) is 29.6. The van der Waals surface area contributed by atoms with Gasteiger partial charge in [-0.1, -0.05) is 66.4 Å². The van der Waals surface area contributed by atoms with Crippen molar-refractivity contribution in [3.63, 3.8) is 0 Å². The van der Waals surface area contributed by atoms with Crippen LogP contribution in [0.15, 0.2) is 83.9 Å². The van der Waals surface area contributed by atoms with E-state index in [1.807, 2.05) is 42.5 Å². The summed E-state index contributed by atoms with van der Waals surface area (Å²) in [7, 11) is 1.50. The minimum Gasteiger partial charge on any atom is -0.493 e. The van der Waals surface area contributed by atoms with Crippen molar-refractivity contribution in [2.75, 3.05) is 12.0 Å². The zero-order valence-corrected chi connectivity index (χ0v) is 20.4. The third-order valence-corrected chi connectivity index (χ3v) is 6.73. The molecule has 0 saturated carbocycles. The summed E-state index contributed by atoms with van der Waals surface area (Å²) in [5.74, 6) is 0.770. The molecule has 1 saturated heterocycles. The van der Waals surface area contributed by atoms with Crippen molar-refractivity contribution in [3.8, 4) is 17.4 Å². The Morgan fingerprint density at radius 1 is 1.06 bits per heavy atom. The summed E-state index contributed by atoms with van der Waals surface area (Å²) in [5.41, 5.74) is 1.33. The molecule has 0 spiro atoms. The van der Waals surface area contributed by atoms with Gasteiger partial charge in [0.15, 0.2) is 15.8 Å². The number of thioether (sulfide) groups is 1. The molecule has 0 atom stereocenters. The minimum atomic E-state index is -0.533. The topological polar surface area (TPSA) is 94.8 Å². The number of nitro groups is 1. The van der Waals surface area contributed by atoms with E-state index in [0.717, 1.165) is 22.7 Å². The molecule has 5 rings (SSSR count). The van der Waals surface area contributed by atoms with E-state index in [1.54, 1.807) is 29.2 Å². The van der Waals surface area contributed by atoms with Gasteiger partial charge in [0.2, 0.25) is 5.88 Å². The molecule has 2 heterocycles. The second-order valence-electron chi connectivity index (χ2n) is 7.64. The fourth-order valence-electron chi connectivity index (χ4n) is 3.74. The predicted octanol–water partition coefficient (Wildman–Crippen LogP) is 6.35. The van der Waals surface area contributed by atoms with Crippen molar-refractivity contribution < 1.29 is 19.2 Å². The Hall–Kier alpha value is -4.28. The monoisotopic (exact) mass is 515 g/mol. The van der Waals surface area contributed by atoms with E-state index >= 15 is 0 Å². The Kier molecular flexibility index (Phi) is 6.36. The number of anilines is 1. The predicted molar refractivity (Wildman–Crippen MR) is 144 cm³/mol. The first-order valence-electron chi connectivity index (χ1n) is 10.7. The third-order valence-electron chi connectivity index (χ3n) is 5.43. The first kappa shape index (κ1) is 23.5. The van der Waals surface area contributed by atoms with Crippen molar-refractivity contribution in [3.05, 3.63) is 99.6 Å². The molecule has 0 aliphatic carbocycles. The Morgan fingerprint density at radius 2 is 1.86 bits per heavy atom. The van der Waals surface area contributed by atoms with Crippen LogP contribution >= 0.6 is 24.0 Å². The Balaban J connectivity index is 1.41. The van der Waals surface area contributed by atoms with Gasteiger partial charge >= 0.3 is 0 Å². The van der Waals surface area contributed by atoms with Gasteiger partial charge in [0.1, 0.15) is 6.20 Å². The van der Waals surface area contributed by atoms with Crippen LogP contribution < -0.4 is 14.4 Å². The van der Waals surface area contributed by atoms with Crippen molar-refractivity contribution >= 4 is 62.4 Å². The molecular formula is C26H17N3O5S2. The highest BCUT2D eigenvalue weighted by Crippen LogP contribution is 2.40. The number of rotatable bonds is 6. The SMILES string of the molecule is COc1cc(/C=C2\SC(=S)N(c3cccc4ccccc34)C2=O)ccc1Oc1ccc([N+](=O)[O-])cn1. The molecule has 1 fully saturated rings. The van der Waals surface area contributed by atoms with Crippen LogP contribution in [0.1, 0.15) is 5.56 Å². The van der Waals surface area contributed by atoms with Crippen LogP contribution in [-0.4, -0.2) is 27.2 Å². The molecule has 36 heavy (non-hydrogen) atoms. The lowest BCUT2D eigenvalue weighted by atomic mass is 10.1. The van der Waals surface area contributed by atoms with E-state index in [2.05, 4.69) is 4.98 Å². The van der Waals surface area contributed by atoms with E-state index < -0.39 is 4.92 Å². The zero-order valence-electron chi connectivity index (χ0n) is 18.8. The normalized spacial score (nSPS) is 14.5. The highest BCUT2D eigenvalue weighted by molar-refractivity contribution is 8.27. The van der Waals surface area contributed by atoms with E-state index in [9.17, 15) is 14.9 Å². The number of amides is 1. The zero-order chi connectivity index (χ0) is 25.2. The summed E-state index contributed by atoms with van der Waals surface area (Å²) < 4.78 is 11.6. The van der Waals surface area contributed by atoms with Gasteiger partial charge in [-0.2, -0.15) is 0 Å². The number of nitrogens with zero attached hydrogens (tertiary/aromatic N) is 3. The Bertz CT molecular complexity index is 1550. The van der Waals surface area contributed by atoms with Crippen LogP contribution in [0.25, 0.3) is 16.8 Å². The van der Waals surface area contributed by atoms with Gasteiger partial charge < -0.3 is 9.47 Å². The molecule has 0 radical (unpaired) electrons. The van der Waals surface area contributed by atoms with Crippen LogP contribution in [0.2, 0.25) is 0 Å². The number of aromatic nitrogens is 1. The van der Waals surface area contributed by atoms with Gasteiger partial charge in [-0.25, -0.2) is 4.98 Å². The van der Waals surface area contributed by atoms with Crippen molar-refractivity contribution in [2.45, 2.75) is 0 Å². The van der Waals surface area contributed by atoms with Crippen LogP contribution in [0.3, 0.4) is 0 Å². The molecule has 1 aliphatic heterocycles. The van der Waals surface area contributed by atoms with Gasteiger partial charge in [-0.15, -0.1) is 0 Å². The molecule has 0 N–H and O–H groups in total. The van der Waals surface area contributed by atoms with E-state index in [4.69, 9.17) is 21.7 Å². The van der Waals surface area contributed by atoms with Crippen LogP contribution in [-0.2, 0) is 4.79 Å². The minimum absolute atomic E-state index is 0.134. The average Bonchev–Trinajstić information content (AvgIpc) is 3.17. The number of carbonyl (C=O) groups is 1. The number of hydrogen-bond donors (Lipinski definition) is 0. The fraction of sp³-hybridized carbons (Fsp3) is 0.0385. The number of thiocarbonyl (C=S) groups is 1. The molecule has 1 amide bonds. The van der Waals surface area contributed by atoms with Gasteiger partial charge in [0.25, 0.3) is 11.6 Å². The molecule has 0 bridgehead atoms. The molecule has 178 valence electrons. The smallest absolute Gasteiger partial charge is 0.287 e. The van der Waals surface area contributed by atoms with Gasteiger partial charge in [0.05, 0.1) is 22.6 Å². The average molecular weight is 516 g/mol. The Labute approximate surface area is 215 Å². The number of benzene rings is 3. The fourth-order valence-corrected chi connectivity index (χ4v) is 5.03. The maximum atomic E-state index is 13.3.